The van der Waals surface area contributed by atoms with Gasteiger partial charge >= 0.3 is 0 Å². The highest BCUT2D eigenvalue weighted by Gasteiger charge is 2.29. The van der Waals surface area contributed by atoms with Crippen molar-refractivity contribution in [3.8, 4) is 0 Å². The SMILES string of the molecule is C[C@@H]1[C@H](N(C)I)CCN1C. The number of nitrogens with zero attached hydrogens (tertiary/aromatic N) is 2. The van der Waals surface area contributed by atoms with E-state index in [9.17, 15) is 0 Å². The molecule has 3 heteroatoms. The van der Waals surface area contributed by atoms with E-state index in [-0.39, 0.29) is 0 Å². The van der Waals surface area contributed by atoms with Crippen molar-refractivity contribution in [3.63, 3.8) is 0 Å². The van der Waals surface area contributed by atoms with Gasteiger partial charge in [-0.2, -0.15) is 0 Å². The lowest BCUT2D eigenvalue weighted by Crippen LogP contribution is -2.35. The van der Waals surface area contributed by atoms with E-state index in [1.165, 1.54) is 13.0 Å². The van der Waals surface area contributed by atoms with E-state index in [2.05, 4.69) is 51.9 Å². The summed E-state index contributed by atoms with van der Waals surface area (Å²) in [6, 6.07) is 1.48. The van der Waals surface area contributed by atoms with Crippen LogP contribution >= 0.6 is 22.9 Å². The minimum atomic E-state index is 0.724. The monoisotopic (exact) mass is 254 g/mol. The van der Waals surface area contributed by atoms with Crippen molar-refractivity contribution in [1.82, 2.24) is 8.01 Å². The Morgan fingerprint density at radius 1 is 1.60 bits per heavy atom. The molecule has 0 aliphatic carbocycles. The topological polar surface area (TPSA) is 6.48 Å². The second-order valence-electron chi connectivity index (χ2n) is 3.10. The van der Waals surface area contributed by atoms with Gasteiger partial charge in [0.2, 0.25) is 0 Å². The van der Waals surface area contributed by atoms with Crippen LogP contribution in [0.25, 0.3) is 0 Å². The molecule has 2 atom stereocenters. The van der Waals surface area contributed by atoms with Crippen molar-refractivity contribution >= 4 is 22.9 Å². The van der Waals surface area contributed by atoms with Crippen LogP contribution < -0.4 is 0 Å². The summed E-state index contributed by atoms with van der Waals surface area (Å²) >= 11 is 2.38. The molecule has 0 saturated carbocycles. The number of rotatable bonds is 1. The summed E-state index contributed by atoms with van der Waals surface area (Å²) in [5, 5.41) is 0. The highest BCUT2D eigenvalue weighted by Crippen LogP contribution is 2.21. The van der Waals surface area contributed by atoms with Crippen molar-refractivity contribution in [2.45, 2.75) is 25.4 Å². The fourth-order valence-electron chi connectivity index (χ4n) is 1.55. The molecule has 0 amide bonds. The van der Waals surface area contributed by atoms with Gasteiger partial charge in [-0.05, 0) is 34.0 Å². The average molecular weight is 254 g/mol. The highest BCUT2D eigenvalue weighted by atomic mass is 127. The van der Waals surface area contributed by atoms with Gasteiger partial charge < -0.3 is 4.90 Å². The third-order valence-electron chi connectivity index (χ3n) is 2.49. The molecule has 0 aromatic carbocycles. The third-order valence-corrected chi connectivity index (χ3v) is 3.20. The van der Waals surface area contributed by atoms with Gasteiger partial charge in [-0.15, -0.1) is 0 Å². The molecule has 1 rings (SSSR count). The van der Waals surface area contributed by atoms with Crippen LogP contribution in [0.1, 0.15) is 13.3 Å². The molecule has 1 aliphatic rings. The lowest BCUT2D eigenvalue weighted by atomic mass is 10.1. The zero-order chi connectivity index (χ0) is 7.72. The van der Waals surface area contributed by atoms with E-state index in [1.54, 1.807) is 0 Å². The molecule has 0 bridgehead atoms. The second kappa shape index (κ2) is 3.36. The number of hydrogen-bond acceptors (Lipinski definition) is 2. The molecule has 1 aliphatic heterocycles. The molecule has 10 heavy (non-hydrogen) atoms. The largest absolute Gasteiger partial charge is 0.302 e. The van der Waals surface area contributed by atoms with Crippen molar-refractivity contribution in [2.75, 3.05) is 20.6 Å². The Balaban J connectivity index is 2.49. The maximum Gasteiger partial charge on any atom is 0.0356 e. The summed E-state index contributed by atoms with van der Waals surface area (Å²) in [6.45, 7) is 3.55. The number of likely N-dealkylation sites (tertiary alicyclic amines) is 1. The third kappa shape index (κ3) is 1.62. The van der Waals surface area contributed by atoms with Crippen LogP contribution in [0, 0.1) is 0 Å². The van der Waals surface area contributed by atoms with Gasteiger partial charge in [0.05, 0.1) is 0 Å². The van der Waals surface area contributed by atoms with Crippen LogP contribution in [0.2, 0.25) is 0 Å². The van der Waals surface area contributed by atoms with E-state index in [1.807, 2.05) is 0 Å². The number of hydrogen-bond donors (Lipinski definition) is 0. The van der Waals surface area contributed by atoms with Gasteiger partial charge in [-0.1, -0.05) is 0 Å². The fourth-order valence-corrected chi connectivity index (χ4v) is 2.29. The molecule has 0 aromatic rings. The summed E-state index contributed by atoms with van der Waals surface area (Å²) in [5.41, 5.74) is 0. The van der Waals surface area contributed by atoms with Crippen molar-refractivity contribution in [1.29, 1.82) is 0 Å². The standard InChI is InChI=1S/C7H15IN2/c1-6-7(10(3)8)4-5-9(6)2/h6-7H,4-5H2,1-3H3/t6-,7-/m1/s1. The van der Waals surface area contributed by atoms with Crippen LogP contribution in [-0.4, -0.2) is 40.7 Å². The molecule has 1 fully saturated rings. The zero-order valence-corrected chi connectivity index (χ0v) is 9.00. The molecule has 0 spiro atoms. The summed E-state index contributed by atoms with van der Waals surface area (Å²) in [5.74, 6) is 0. The van der Waals surface area contributed by atoms with Crippen molar-refractivity contribution < 1.29 is 0 Å². The first-order chi connectivity index (χ1) is 4.63. The van der Waals surface area contributed by atoms with Gasteiger partial charge in [0.15, 0.2) is 0 Å². The lowest BCUT2D eigenvalue weighted by molar-refractivity contribution is 0.281. The van der Waals surface area contributed by atoms with E-state index < -0.39 is 0 Å². The molecule has 1 heterocycles. The van der Waals surface area contributed by atoms with Gasteiger partial charge in [0.1, 0.15) is 0 Å². The van der Waals surface area contributed by atoms with Gasteiger partial charge in [-0.3, -0.25) is 0 Å². The van der Waals surface area contributed by atoms with E-state index >= 15 is 0 Å². The molecule has 0 radical (unpaired) electrons. The van der Waals surface area contributed by atoms with Crippen LogP contribution in [0.5, 0.6) is 0 Å². The Morgan fingerprint density at radius 2 is 2.20 bits per heavy atom. The summed E-state index contributed by atoms with van der Waals surface area (Å²) in [7, 11) is 4.35. The first-order valence-corrected chi connectivity index (χ1v) is 4.68. The molecular weight excluding hydrogens is 239 g/mol. The van der Waals surface area contributed by atoms with Crippen LogP contribution in [0.3, 0.4) is 0 Å². The first-order valence-electron chi connectivity index (χ1n) is 3.72. The quantitative estimate of drug-likeness (QED) is 0.515. The normalized spacial score (nSPS) is 35.7. The molecular formula is C7H15IN2. The minimum absolute atomic E-state index is 0.724. The van der Waals surface area contributed by atoms with Crippen molar-refractivity contribution in [2.24, 2.45) is 0 Å². The molecule has 1 saturated heterocycles. The smallest absolute Gasteiger partial charge is 0.0356 e. The second-order valence-corrected chi connectivity index (χ2v) is 4.62. The van der Waals surface area contributed by atoms with Crippen LogP contribution in [0.4, 0.5) is 0 Å². The zero-order valence-electron chi connectivity index (χ0n) is 6.84. The fraction of sp³-hybridized carbons (Fsp3) is 1.00. The molecule has 0 N–H and O–H groups in total. The lowest BCUT2D eigenvalue weighted by Gasteiger charge is -2.24. The number of likely N-dealkylation sites (N-methyl/N-ethyl adjacent to an activating group) is 2. The number of halogens is 1. The van der Waals surface area contributed by atoms with Crippen molar-refractivity contribution in [3.05, 3.63) is 0 Å². The summed E-state index contributed by atoms with van der Waals surface area (Å²) < 4.78 is 2.30. The summed E-state index contributed by atoms with van der Waals surface area (Å²) in [6.07, 6.45) is 1.32. The van der Waals surface area contributed by atoms with E-state index in [0.717, 1.165) is 12.1 Å². The summed E-state index contributed by atoms with van der Waals surface area (Å²) in [4.78, 5) is 2.42. The van der Waals surface area contributed by atoms with Gasteiger partial charge in [0, 0.05) is 34.9 Å². The predicted molar refractivity (Wildman–Crippen MR) is 52.3 cm³/mol. The Kier molecular flexibility index (Phi) is 2.94. The molecule has 0 unspecified atom stereocenters. The Bertz CT molecular complexity index is 116. The van der Waals surface area contributed by atoms with Gasteiger partial charge in [-0.25, -0.2) is 3.11 Å². The maximum atomic E-state index is 2.42. The average Bonchev–Trinajstić information content (AvgIpc) is 2.14. The van der Waals surface area contributed by atoms with Crippen LogP contribution in [0.15, 0.2) is 0 Å². The molecule has 60 valence electrons. The maximum absolute atomic E-state index is 2.42. The predicted octanol–water partition coefficient (Wildman–Crippen LogP) is 1.36. The Hall–Kier alpha value is 0.650. The Labute approximate surface area is 77.1 Å². The highest BCUT2D eigenvalue weighted by molar-refractivity contribution is 14.1. The molecule has 2 nitrogen and oxygen atoms in total. The molecule has 0 aromatic heterocycles. The van der Waals surface area contributed by atoms with E-state index in [4.69, 9.17) is 0 Å². The minimum Gasteiger partial charge on any atom is -0.302 e. The van der Waals surface area contributed by atoms with E-state index in [0.29, 0.717) is 0 Å². The first kappa shape index (κ1) is 8.74. The van der Waals surface area contributed by atoms with Crippen LogP contribution in [-0.2, 0) is 0 Å². The Morgan fingerprint density at radius 3 is 2.40 bits per heavy atom. The van der Waals surface area contributed by atoms with Gasteiger partial charge in [0.25, 0.3) is 0 Å².